The maximum absolute atomic E-state index is 10.8. The van der Waals surface area contributed by atoms with E-state index in [-0.39, 0.29) is 10.7 Å². The fourth-order valence-electron chi connectivity index (χ4n) is 3.12. The summed E-state index contributed by atoms with van der Waals surface area (Å²) in [5, 5.41) is 22.6. The Morgan fingerprint density at radius 3 is 2.29 bits per heavy atom. The molecule has 0 saturated heterocycles. The first kappa shape index (κ1) is 25.3. The summed E-state index contributed by atoms with van der Waals surface area (Å²) < 4.78 is 6.57. The van der Waals surface area contributed by atoms with Crippen LogP contribution in [-0.2, 0) is 6.42 Å². The summed E-state index contributed by atoms with van der Waals surface area (Å²) in [6.45, 7) is 2.21. The molecule has 0 amide bonds. The van der Waals surface area contributed by atoms with Gasteiger partial charge < -0.3 is 10.1 Å². The molecule has 0 radical (unpaired) electrons. The normalized spacial score (nSPS) is 11.6. The molecule has 3 aromatic carbocycles. The lowest BCUT2D eigenvalue weighted by atomic mass is 10.1. The number of non-ortho nitro benzene ring substituents is 1. The Balaban J connectivity index is 1.38. The van der Waals surface area contributed by atoms with Gasteiger partial charge in [-0.15, -0.1) is 5.11 Å². The highest BCUT2D eigenvalue weighted by Crippen LogP contribution is 2.30. The van der Waals surface area contributed by atoms with E-state index in [1.165, 1.54) is 29.4 Å². The third-order valence-corrected chi connectivity index (χ3v) is 5.40. The van der Waals surface area contributed by atoms with Gasteiger partial charge in [-0.2, -0.15) is 5.11 Å². The molecule has 0 unspecified atom stereocenters. The summed E-state index contributed by atoms with van der Waals surface area (Å²) in [7, 11) is 6.40. The second-order valence-electron chi connectivity index (χ2n) is 8.61. The quantitative estimate of drug-likeness (QED) is 0.118. The molecule has 0 aliphatic heterocycles. The summed E-state index contributed by atoms with van der Waals surface area (Å²) in [6.07, 6.45) is 0.879. The average molecular weight is 483 g/mol. The van der Waals surface area contributed by atoms with Gasteiger partial charge in [-0.25, -0.2) is 0 Å². The van der Waals surface area contributed by atoms with Gasteiger partial charge in [0.2, 0.25) is 0 Å². The Bertz CT molecular complexity index is 1130. The lowest BCUT2D eigenvalue weighted by Gasteiger charge is -2.23. The third-order valence-electron chi connectivity index (χ3n) is 5.10. The smallest absolute Gasteiger partial charge is 0.271 e. The number of nitro benzene ring substituents is 1. The third kappa shape index (κ3) is 7.62. The first-order valence-electron chi connectivity index (χ1n) is 10.9. The first-order chi connectivity index (χ1) is 16.2. The van der Waals surface area contributed by atoms with Crippen molar-refractivity contribution in [2.45, 2.75) is 6.42 Å². The Hall–Kier alpha value is -3.33. The summed E-state index contributed by atoms with van der Waals surface area (Å²) in [5.74, 6) is 0.874. The molecule has 0 fully saturated rings. The average Bonchev–Trinajstić information content (AvgIpc) is 2.81. The van der Waals surface area contributed by atoms with Crippen LogP contribution in [-0.4, -0.2) is 45.8 Å². The molecule has 0 bridgehead atoms. The summed E-state index contributed by atoms with van der Waals surface area (Å²) >= 11 is 6.04. The van der Waals surface area contributed by atoms with Crippen molar-refractivity contribution in [1.29, 1.82) is 0 Å². The zero-order chi connectivity index (χ0) is 24.6. The van der Waals surface area contributed by atoms with Crippen LogP contribution in [0.5, 0.6) is 5.75 Å². The van der Waals surface area contributed by atoms with Crippen molar-refractivity contribution in [1.82, 2.24) is 9.80 Å². The van der Waals surface area contributed by atoms with E-state index in [4.69, 9.17) is 16.3 Å². The highest BCUT2D eigenvalue weighted by atomic mass is 35.5. The predicted molar refractivity (Wildman–Crippen MR) is 137 cm³/mol. The summed E-state index contributed by atoms with van der Waals surface area (Å²) in [5.41, 5.74) is 3.38. The number of benzene rings is 3. The van der Waals surface area contributed by atoms with Crippen LogP contribution in [0.25, 0.3) is 0 Å². The van der Waals surface area contributed by atoms with Crippen LogP contribution in [0.3, 0.4) is 0 Å². The summed E-state index contributed by atoms with van der Waals surface area (Å²) in [4.78, 5) is 10.3. The summed E-state index contributed by atoms with van der Waals surface area (Å²) in [6, 6.07) is 20.0. The Kier molecular flexibility index (Phi) is 8.70. The Morgan fingerprint density at radius 2 is 1.68 bits per heavy atom. The number of nitro groups is 1. The van der Waals surface area contributed by atoms with Crippen LogP contribution in [0, 0.1) is 10.1 Å². The number of nitrogens with one attached hydrogen (secondary N) is 1. The van der Waals surface area contributed by atoms with E-state index in [0.717, 1.165) is 29.7 Å². The Morgan fingerprint density at radius 1 is 0.971 bits per heavy atom. The maximum atomic E-state index is 10.8. The minimum atomic E-state index is -0.501. The van der Waals surface area contributed by atoms with Gasteiger partial charge in [0.25, 0.3) is 5.69 Å². The predicted octanol–water partition coefficient (Wildman–Crippen LogP) is 6.07. The number of hydrogen-bond acceptors (Lipinski definition) is 6. The number of halogens is 1. The van der Waals surface area contributed by atoms with Crippen LogP contribution in [0.4, 0.5) is 22.7 Å². The van der Waals surface area contributed by atoms with E-state index >= 15 is 0 Å². The number of azo groups is 1. The van der Waals surface area contributed by atoms with Crippen molar-refractivity contribution in [3.05, 3.63) is 87.4 Å². The van der Waals surface area contributed by atoms with Crippen LogP contribution < -0.4 is 14.5 Å². The molecule has 3 aromatic rings. The molecule has 0 saturated carbocycles. The molecule has 178 valence electrons. The monoisotopic (exact) mass is 482 g/mol. The van der Waals surface area contributed by atoms with Gasteiger partial charge in [-0.3, -0.25) is 14.6 Å². The van der Waals surface area contributed by atoms with Crippen molar-refractivity contribution in [2.75, 3.05) is 40.8 Å². The molecule has 3 rings (SSSR count). The first-order valence-corrected chi connectivity index (χ1v) is 11.3. The second kappa shape index (κ2) is 11.7. The zero-order valence-corrected chi connectivity index (χ0v) is 20.3. The molecule has 8 nitrogen and oxygen atoms in total. The molecule has 0 aliphatic carbocycles. The van der Waals surface area contributed by atoms with Gasteiger partial charge in [0.1, 0.15) is 23.7 Å². The van der Waals surface area contributed by atoms with Crippen LogP contribution in [0.15, 0.2) is 77.0 Å². The van der Waals surface area contributed by atoms with Gasteiger partial charge >= 0.3 is 0 Å². The van der Waals surface area contributed by atoms with Crippen molar-refractivity contribution in [2.24, 2.45) is 10.2 Å². The SMILES string of the molecule is C[N+](C)(C)c1ccc(OCCNCCc2ccc(N=Nc3ccc([N+](=O)[O-])cc3Cl)cc2)cc1. The molecule has 34 heavy (non-hydrogen) atoms. The lowest BCUT2D eigenvalue weighted by Crippen LogP contribution is -2.34. The molecule has 0 aromatic heterocycles. The van der Waals surface area contributed by atoms with E-state index in [9.17, 15) is 10.1 Å². The number of nitrogens with zero attached hydrogens (tertiary/aromatic N) is 4. The van der Waals surface area contributed by atoms with Crippen molar-refractivity contribution < 1.29 is 9.66 Å². The molecule has 1 N–H and O–H groups in total. The fourth-order valence-corrected chi connectivity index (χ4v) is 3.33. The number of ether oxygens (including phenoxy) is 1. The molecule has 0 spiro atoms. The lowest BCUT2D eigenvalue weighted by molar-refractivity contribution is -0.384. The van der Waals surface area contributed by atoms with E-state index in [1.807, 2.05) is 36.4 Å². The van der Waals surface area contributed by atoms with Crippen LogP contribution in [0.1, 0.15) is 5.56 Å². The van der Waals surface area contributed by atoms with E-state index in [0.29, 0.717) is 18.0 Å². The standard InChI is InChI=1S/C25H29ClN5O3/c1-31(2,3)22-9-11-23(12-10-22)34-17-16-27-15-14-19-4-6-20(7-5-19)28-29-25-13-8-21(30(32)33)18-24(25)26/h4-13,18,27H,14-17H2,1-3H3/q+1. The maximum Gasteiger partial charge on any atom is 0.271 e. The zero-order valence-electron chi connectivity index (χ0n) is 19.6. The molecular weight excluding hydrogens is 454 g/mol. The fraction of sp³-hybridized carbons (Fsp3) is 0.280. The topological polar surface area (TPSA) is 89.1 Å². The minimum absolute atomic E-state index is 0.0809. The molecule has 9 heteroatoms. The van der Waals surface area contributed by atoms with Crippen LogP contribution >= 0.6 is 11.6 Å². The van der Waals surface area contributed by atoms with Gasteiger partial charge in [0.05, 0.1) is 36.8 Å². The molecule has 0 heterocycles. The van der Waals surface area contributed by atoms with Gasteiger partial charge in [-0.1, -0.05) is 23.7 Å². The number of hydrogen-bond donors (Lipinski definition) is 1. The second-order valence-corrected chi connectivity index (χ2v) is 9.02. The van der Waals surface area contributed by atoms with Gasteiger partial charge in [0, 0.05) is 30.8 Å². The van der Waals surface area contributed by atoms with E-state index < -0.39 is 4.92 Å². The largest absolute Gasteiger partial charge is 0.492 e. The van der Waals surface area contributed by atoms with Crippen molar-refractivity contribution in [3.63, 3.8) is 0 Å². The highest BCUT2D eigenvalue weighted by molar-refractivity contribution is 6.33. The number of quaternary nitrogens is 1. The van der Waals surface area contributed by atoms with Crippen LogP contribution in [0.2, 0.25) is 5.02 Å². The molecular formula is C25H29ClN5O3+. The Labute approximate surface area is 204 Å². The van der Waals surface area contributed by atoms with E-state index in [2.05, 4.69) is 48.8 Å². The highest BCUT2D eigenvalue weighted by Gasteiger charge is 2.11. The van der Waals surface area contributed by atoms with Gasteiger partial charge in [-0.05, 0) is 48.9 Å². The van der Waals surface area contributed by atoms with Crippen molar-refractivity contribution >= 4 is 34.4 Å². The minimum Gasteiger partial charge on any atom is -0.492 e. The van der Waals surface area contributed by atoms with Gasteiger partial charge in [0.15, 0.2) is 0 Å². The molecule has 0 atom stereocenters. The van der Waals surface area contributed by atoms with E-state index in [1.54, 1.807) is 0 Å². The number of rotatable bonds is 11. The molecule has 0 aliphatic rings. The van der Waals surface area contributed by atoms with Crippen molar-refractivity contribution in [3.8, 4) is 5.75 Å².